The van der Waals surface area contributed by atoms with Crippen molar-refractivity contribution < 1.29 is 9.53 Å². The van der Waals surface area contributed by atoms with Crippen LogP contribution >= 0.6 is 0 Å². The average Bonchev–Trinajstić information content (AvgIpc) is 3.11. The molecule has 0 N–H and O–H groups in total. The summed E-state index contributed by atoms with van der Waals surface area (Å²) in [5, 5.41) is 0. The zero-order chi connectivity index (χ0) is 20.9. The summed E-state index contributed by atoms with van der Waals surface area (Å²) in [6, 6.07) is 25.8. The van der Waals surface area contributed by atoms with Crippen LogP contribution in [0.15, 0.2) is 78.9 Å². The third-order valence-electron chi connectivity index (χ3n) is 5.10. The van der Waals surface area contributed by atoms with Gasteiger partial charge in [-0.2, -0.15) is 0 Å². The van der Waals surface area contributed by atoms with Crippen molar-refractivity contribution in [3.63, 3.8) is 0 Å². The van der Waals surface area contributed by atoms with Gasteiger partial charge in [-0.25, -0.2) is 4.98 Å². The number of imidazole rings is 1. The molecule has 30 heavy (non-hydrogen) atoms. The summed E-state index contributed by atoms with van der Waals surface area (Å²) < 4.78 is 7.90. The molecule has 0 aliphatic rings. The Labute approximate surface area is 176 Å². The van der Waals surface area contributed by atoms with Crippen LogP contribution in [0, 0.1) is 6.92 Å². The van der Waals surface area contributed by atoms with Gasteiger partial charge in [0.1, 0.15) is 24.7 Å². The summed E-state index contributed by atoms with van der Waals surface area (Å²) in [6.45, 7) is 3.13. The fourth-order valence-electron chi connectivity index (χ4n) is 3.40. The number of hydrogen-bond acceptors (Lipinski definition) is 3. The summed E-state index contributed by atoms with van der Waals surface area (Å²) in [5.74, 6) is 1.54. The van der Waals surface area contributed by atoms with Gasteiger partial charge in [0.15, 0.2) is 0 Å². The number of carbonyl (C=O) groups excluding carboxylic acids is 1. The van der Waals surface area contributed by atoms with E-state index >= 15 is 0 Å². The van der Waals surface area contributed by atoms with Gasteiger partial charge in [0.2, 0.25) is 5.91 Å². The largest absolute Gasteiger partial charge is 0.486 e. The smallest absolute Gasteiger partial charge is 0.242 e. The molecule has 0 aliphatic heterocycles. The molecule has 3 aromatic carbocycles. The van der Waals surface area contributed by atoms with E-state index < -0.39 is 0 Å². The van der Waals surface area contributed by atoms with Gasteiger partial charge >= 0.3 is 0 Å². The van der Waals surface area contributed by atoms with Crippen molar-refractivity contribution in [3.05, 3.63) is 95.8 Å². The molecule has 0 atom stereocenters. The van der Waals surface area contributed by atoms with Crippen molar-refractivity contribution in [1.82, 2.24) is 14.5 Å². The van der Waals surface area contributed by atoms with Gasteiger partial charge < -0.3 is 14.2 Å². The number of rotatable bonds is 7. The number of nitrogens with zero attached hydrogens (tertiary/aromatic N) is 3. The van der Waals surface area contributed by atoms with Crippen LogP contribution in [0.25, 0.3) is 11.0 Å². The first-order chi connectivity index (χ1) is 14.6. The Morgan fingerprint density at radius 3 is 2.43 bits per heavy atom. The van der Waals surface area contributed by atoms with E-state index in [0.717, 1.165) is 28.2 Å². The maximum Gasteiger partial charge on any atom is 0.242 e. The van der Waals surface area contributed by atoms with Crippen LogP contribution in [0.3, 0.4) is 0 Å². The predicted molar refractivity (Wildman–Crippen MR) is 118 cm³/mol. The molecule has 5 heteroatoms. The second-order valence-electron chi connectivity index (χ2n) is 7.44. The van der Waals surface area contributed by atoms with Crippen molar-refractivity contribution in [2.75, 3.05) is 7.05 Å². The highest BCUT2D eigenvalue weighted by Gasteiger charge is 2.17. The molecular weight excluding hydrogens is 374 g/mol. The van der Waals surface area contributed by atoms with E-state index in [1.165, 1.54) is 5.56 Å². The molecule has 0 unspecified atom stereocenters. The molecule has 0 aliphatic carbocycles. The Balaban J connectivity index is 1.53. The minimum atomic E-state index is 0.0265. The summed E-state index contributed by atoms with van der Waals surface area (Å²) in [7, 11) is 1.83. The third kappa shape index (κ3) is 4.51. The van der Waals surface area contributed by atoms with E-state index in [2.05, 4.69) is 0 Å². The lowest BCUT2D eigenvalue weighted by atomic mass is 10.2. The van der Waals surface area contributed by atoms with Crippen LogP contribution in [-0.2, 0) is 24.5 Å². The van der Waals surface area contributed by atoms with Crippen LogP contribution in [-0.4, -0.2) is 27.4 Å². The average molecular weight is 399 g/mol. The van der Waals surface area contributed by atoms with E-state index in [9.17, 15) is 4.79 Å². The quantitative estimate of drug-likeness (QED) is 0.457. The van der Waals surface area contributed by atoms with Crippen molar-refractivity contribution >= 4 is 16.9 Å². The maximum absolute atomic E-state index is 13.0. The van der Waals surface area contributed by atoms with Gasteiger partial charge in [0, 0.05) is 13.6 Å². The van der Waals surface area contributed by atoms with E-state index in [4.69, 9.17) is 9.72 Å². The lowest BCUT2D eigenvalue weighted by molar-refractivity contribution is -0.131. The van der Waals surface area contributed by atoms with E-state index in [0.29, 0.717) is 13.2 Å². The lowest BCUT2D eigenvalue weighted by Crippen LogP contribution is -2.30. The Kier molecular flexibility index (Phi) is 5.80. The maximum atomic E-state index is 13.0. The van der Waals surface area contributed by atoms with Gasteiger partial charge in [-0.05, 0) is 36.8 Å². The van der Waals surface area contributed by atoms with Gasteiger partial charge in [-0.15, -0.1) is 0 Å². The molecular formula is C25H25N3O2. The number of aryl methyl sites for hydroxylation is 1. The second kappa shape index (κ2) is 8.82. The number of aromatic nitrogens is 2. The zero-order valence-electron chi connectivity index (χ0n) is 17.3. The second-order valence-corrected chi connectivity index (χ2v) is 7.44. The Bertz CT molecular complexity index is 1130. The minimum Gasteiger partial charge on any atom is -0.486 e. The highest BCUT2D eigenvalue weighted by Crippen LogP contribution is 2.19. The predicted octanol–water partition coefficient (Wildman–Crippen LogP) is 4.58. The number of amides is 1. The van der Waals surface area contributed by atoms with Crippen molar-refractivity contribution in [1.29, 1.82) is 0 Å². The molecule has 1 amide bonds. The number of ether oxygens (including phenoxy) is 1. The highest BCUT2D eigenvalue weighted by molar-refractivity contribution is 5.81. The molecule has 4 rings (SSSR count). The molecule has 152 valence electrons. The van der Waals surface area contributed by atoms with Crippen molar-refractivity contribution in [2.45, 2.75) is 26.6 Å². The highest BCUT2D eigenvalue weighted by atomic mass is 16.5. The number of fused-ring (bicyclic) bond motifs is 1. The zero-order valence-corrected chi connectivity index (χ0v) is 17.3. The molecule has 1 heterocycles. The van der Waals surface area contributed by atoms with E-state index in [1.807, 2.05) is 97.4 Å². The SMILES string of the molecule is Cc1ccc(OCc2nc3ccccc3n2CC(=O)N(C)Cc2ccccc2)cc1. The normalized spacial score (nSPS) is 10.9. The van der Waals surface area contributed by atoms with Gasteiger partial charge in [-0.1, -0.05) is 60.2 Å². The Morgan fingerprint density at radius 1 is 0.967 bits per heavy atom. The van der Waals surface area contributed by atoms with Gasteiger partial charge in [0.05, 0.1) is 11.0 Å². The molecule has 0 fully saturated rings. The van der Waals surface area contributed by atoms with Gasteiger partial charge in [-0.3, -0.25) is 4.79 Å². The molecule has 0 spiro atoms. The van der Waals surface area contributed by atoms with Crippen LogP contribution in [0.2, 0.25) is 0 Å². The topological polar surface area (TPSA) is 47.4 Å². The lowest BCUT2D eigenvalue weighted by Gasteiger charge is -2.19. The minimum absolute atomic E-state index is 0.0265. The fraction of sp³-hybridized carbons (Fsp3) is 0.200. The Morgan fingerprint density at radius 2 is 1.67 bits per heavy atom. The summed E-state index contributed by atoms with van der Waals surface area (Å²) in [5.41, 5.74) is 4.08. The molecule has 5 nitrogen and oxygen atoms in total. The molecule has 0 bridgehead atoms. The van der Waals surface area contributed by atoms with Crippen LogP contribution in [0.4, 0.5) is 0 Å². The molecule has 4 aromatic rings. The molecule has 0 saturated heterocycles. The fourth-order valence-corrected chi connectivity index (χ4v) is 3.40. The molecule has 0 saturated carbocycles. The molecule has 1 aromatic heterocycles. The summed E-state index contributed by atoms with van der Waals surface area (Å²) >= 11 is 0. The van der Waals surface area contributed by atoms with Crippen LogP contribution < -0.4 is 4.74 Å². The number of hydrogen-bond donors (Lipinski definition) is 0. The van der Waals surface area contributed by atoms with E-state index in [1.54, 1.807) is 4.90 Å². The number of benzene rings is 3. The summed E-state index contributed by atoms with van der Waals surface area (Å²) in [4.78, 5) is 19.4. The van der Waals surface area contributed by atoms with Crippen LogP contribution in [0.1, 0.15) is 17.0 Å². The first-order valence-corrected chi connectivity index (χ1v) is 10.0. The van der Waals surface area contributed by atoms with Crippen molar-refractivity contribution in [2.24, 2.45) is 0 Å². The molecule has 0 radical (unpaired) electrons. The standard InChI is InChI=1S/C25H25N3O2/c1-19-12-14-21(15-13-19)30-18-24-26-22-10-6-7-11-23(22)28(24)17-25(29)27(2)16-20-8-4-3-5-9-20/h3-15H,16-18H2,1-2H3. The van der Waals surface area contributed by atoms with E-state index in [-0.39, 0.29) is 12.5 Å². The first-order valence-electron chi connectivity index (χ1n) is 10.0. The number of carbonyl (C=O) groups is 1. The van der Waals surface area contributed by atoms with Crippen molar-refractivity contribution in [3.8, 4) is 5.75 Å². The van der Waals surface area contributed by atoms with Crippen LogP contribution in [0.5, 0.6) is 5.75 Å². The Hall–Kier alpha value is -3.60. The number of para-hydroxylation sites is 2. The first kappa shape index (κ1) is 19.7. The monoisotopic (exact) mass is 399 g/mol. The number of likely N-dealkylation sites (N-methyl/N-ethyl adjacent to an activating group) is 1. The third-order valence-corrected chi connectivity index (χ3v) is 5.10. The summed E-state index contributed by atoms with van der Waals surface area (Å²) in [6.07, 6.45) is 0. The van der Waals surface area contributed by atoms with Gasteiger partial charge in [0.25, 0.3) is 0 Å².